The van der Waals surface area contributed by atoms with E-state index in [0.717, 1.165) is 18.4 Å². The van der Waals surface area contributed by atoms with Crippen LogP contribution in [0.5, 0.6) is 0 Å². The van der Waals surface area contributed by atoms with E-state index in [4.69, 9.17) is 0 Å². The summed E-state index contributed by atoms with van der Waals surface area (Å²) in [5, 5.41) is 5.57. The normalized spacial score (nSPS) is 14.5. The molecule has 2 N–H and O–H groups in total. The summed E-state index contributed by atoms with van der Waals surface area (Å²) in [5.74, 6) is 0. The molecule has 1 saturated carbocycles. The number of rotatable bonds is 3. The number of nitrogens with one attached hydrogen (secondary N) is 2. The van der Waals surface area contributed by atoms with E-state index in [0.29, 0.717) is 6.54 Å². The number of pyridine rings is 1. The van der Waals surface area contributed by atoms with Gasteiger partial charge in [-0.1, -0.05) is 5.57 Å². The molecule has 0 radical (unpaired) electrons. The van der Waals surface area contributed by atoms with Crippen molar-refractivity contribution in [3.05, 3.63) is 41.9 Å². The largest absolute Gasteiger partial charge is 0.334 e. The van der Waals surface area contributed by atoms with E-state index in [1.54, 1.807) is 12.4 Å². The molecule has 17 heavy (non-hydrogen) atoms. The fourth-order valence-corrected chi connectivity index (χ4v) is 1.88. The molecule has 0 bridgehead atoms. The maximum Gasteiger partial charge on any atom is 0.319 e. The van der Waals surface area contributed by atoms with E-state index in [1.165, 1.54) is 18.4 Å². The third-order valence-corrected chi connectivity index (χ3v) is 2.86. The average molecular weight is 231 g/mol. The number of hydrogen-bond donors (Lipinski definition) is 2. The van der Waals surface area contributed by atoms with Gasteiger partial charge in [-0.3, -0.25) is 4.98 Å². The van der Waals surface area contributed by atoms with Crippen molar-refractivity contribution in [3.63, 3.8) is 0 Å². The molecule has 4 nitrogen and oxygen atoms in total. The molecule has 1 aliphatic rings. The Bertz CT molecular complexity index is 392. The molecule has 1 fully saturated rings. The standard InChI is InChI=1S/C13H17N3O/c17-13(15-9-11-3-1-2-4-11)16-10-12-5-7-14-8-6-12/h5-9H,1-4,10H2,(H2,15,16,17). The minimum absolute atomic E-state index is 0.152. The van der Waals surface area contributed by atoms with Gasteiger partial charge in [0.05, 0.1) is 0 Å². The summed E-state index contributed by atoms with van der Waals surface area (Å²) in [6.07, 6.45) is 9.99. The van der Waals surface area contributed by atoms with Gasteiger partial charge < -0.3 is 10.6 Å². The van der Waals surface area contributed by atoms with Crippen LogP contribution in [0.25, 0.3) is 0 Å². The average Bonchev–Trinajstić information content (AvgIpc) is 2.88. The Morgan fingerprint density at radius 2 is 2.00 bits per heavy atom. The first-order chi connectivity index (χ1) is 8.34. The third-order valence-electron chi connectivity index (χ3n) is 2.86. The lowest BCUT2D eigenvalue weighted by Crippen LogP contribution is -2.31. The number of amides is 2. The van der Waals surface area contributed by atoms with E-state index in [1.807, 2.05) is 18.3 Å². The lowest BCUT2D eigenvalue weighted by Gasteiger charge is -2.05. The van der Waals surface area contributed by atoms with Gasteiger partial charge >= 0.3 is 6.03 Å². The van der Waals surface area contributed by atoms with Gasteiger partial charge in [0.25, 0.3) is 0 Å². The Hall–Kier alpha value is -1.84. The van der Waals surface area contributed by atoms with Crippen molar-refractivity contribution >= 4 is 6.03 Å². The number of aromatic nitrogens is 1. The Kier molecular flexibility index (Phi) is 4.13. The monoisotopic (exact) mass is 231 g/mol. The molecule has 0 aromatic carbocycles. The van der Waals surface area contributed by atoms with E-state index in [9.17, 15) is 4.79 Å². The predicted molar refractivity (Wildman–Crippen MR) is 66.2 cm³/mol. The third kappa shape index (κ3) is 3.90. The van der Waals surface area contributed by atoms with Crippen LogP contribution in [0.2, 0.25) is 0 Å². The maximum atomic E-state index is 11.5. The second kappa shape index (κ2) is 6.03. The van der Waals surface area contributed by atoms with Crippen LogP contribution < -0.4 is 10.6 Å². The Labute approximate surface area is 101 Å². The van der Waals surface area contributed by atoms with Crippen LogP contribution in [0.1, 0.15) is 31.2 Å². The zero-order valence-electron chi connectivity index (χ0n) is 9.78. The molecule has 0 spiro atoms. The van der Waals surface area contributed by atoms with Crippen LogP contribution in [-0.4, -0.2) is 11.0 Å². The van der Waals surface area contributed by atoms with Crippen molar-refractivity contribution in [2.24, 2.45) is 0 Å². The van der Waals surface area contributed by atoms with Crippen molar-refractivity contribution in [1.29, 1.82) is 0 Å². The highest BCUT2D eigenvalue weighted by Gasteiger charge is 2.06. The van der Waals surface area contributed by atoms with Gasteiger partial charge in [-0.2, -0.15) is 0 Å². The van der Waals surface area contributed by atoms with E-state index < -0.39 is 0 Å². The molecule has 0 aliphatic heterocycles. The van der Waals surface area contributed by atoms with Gasteiger partial charge in [0.15, 0.2) is 0 Å². The predicted octanol–water partition coefficient (Wildman–Crippen LogP) is 2.34. The van der Waals surface area contributed by atoms with Gasteiger partial charge in [0.1, 0.15) is 0 Å². The number of hydrogen-bond acceptors (Lipinski definition) is 2. The van der Waals surface area contributed by atoms with E-state index in [2.05, 4.69) is 15.6 Å². The fraction of sp³-hybridized carbons (Fsp3) is 0.385. The van der Waals surface area contributed by atoms with Crippen molar-refractivity contribution in [2.45, 2.75) is 32.2 Å². The van der Waals surface area contributed by atoms with Crippen LogP contribution in [0, 0.1) is 0 Å². The molecule has 1 aromatic rings. The summed E-state index contributed by atoms with van der Waals surface area (Å²) in [4.78, 5) is 15.4. The molecule has 1 heterocycles. The number of nitrogens with zero attached hydrogens (tertiary/aromatic N) is 1. The minimum Gasteiger partial charge on any atom is -0.334 e. The Morgan fingerprint density at radius 1 is 1.29 bits per heavy atom. The summed E-state index contributed by atoms with van der Waals surface area (Å²) in [7, 11) is 0. The molecule has 90 valence electrons. The lowest BCUT2D eigenvalue weighted by molar-refractivity contribution is 0.243. The van der Waals surface area contributed by atoms with Gasteiger partial charge in [-0.05, 0) is 43.4 Å². The second-order valence-corrected chi connectivity index (χ2v) is 4.19. The van der Waals surface area contributed by atoms with Crippen LogP contribution in [0.4, 0.5) is 4.79 Å². The summed E-state index contributed by atoms with van der Waals surface area (Å²) < 4.78 is 0. The number of urea groups is 1. The maximum absolute atomic E-state index is 11.5. The van der Waals surface area contributed by atoms with Gasteiger partial charge in [0, 0.05) is 25.1 Å². The summed E-state index contributed by atoms with van der Waals surface area (Å²) in [5.41, 5.74) is 2.38. The van der Waals surface area contributed by atoms with Crippen LogP contribution in [0.3, 0.4) is 0 Å². The number of carbonyl (C=O) groups excluding carboxylic acids is 1. The first kappa shape index (κ1) is 11.6. The molecule has 1 aromatic heterocycles. The zero-order valence-corrected chi connectivity index (χ0v) is 9.78. The van der Waals surface area contributed by atoms with Gasteiger partial charge in [-0.15, -0.1) is 0 Å². The summed E-state index contributed by atoms with van der Waals surface area (Å²) in [6, 6.07) is 3.62. The van der Waals surface area contributed by atoms with E-state index in [-0.39, 0.29) is 6.03 Å². The highest BCUT2D eigenvalue weighted by atomic mass is 16.2. The topological polar surface area (TPSA) is 54.0 Å². The molecular weight excluding hydrogens is 214 g/mol. The summed E-state index contributed by atoms with van der Waals surface area (Å²) >= 11 is 0. The molecule has 0 saturated heterocycles. The zero-order chi connectivity index (χ0) is 11.9. The molecule has 4 heteroatoms. The summed E-state index contributed by atoms with van der Waals surface area (Å²) in [6.45, 7) is 0.525. The van der Waals surface area contributed by atoms with Gasteiger partial charge in [-0.25, -0.2) is 4.79 Å². The molecule has 0 unspecified atom stereocenters. The van der Waals surface area contributed by atoms with Crippen molar-refractivity contribution < 1.29 is 4.79 Å². The molecule has 2 amide bonds. The van der Waals surface area contributed by atoms with Gasteiger partial charge in [0.2, 0.25) is 0 Å². The lowest BCUT2D eigenvalue weighted by atomic mass is 10.2. The Balaban J connectivity index is 1.72. The SMILES string of the molecule is O=C(NC=C1CCCC1)NCc1ccncc1. The quantitative estimate of drug-likeness (QED) is 0.839. The number of carbonyl (C=O) groups is 1. The minimum atomic E-state index is -0.152. The fourth-order valence-electron chi connectivity index (χ4n) is 1.88. The first-order valence-corrected chi connectivity index (χ1v) is 5.96. The second-order valence-electron chi connectivity index (χ2n) is 4.19. The van der Waals surface area contributed by atoms with Crippen molar-refractivity contribution in [1.82, 2.24) is 15.6 Å². The van der Waals surface area contributed by atoms with Crippen LogP contribution >= 0.6 is 0 Å². The highest BCUT2D eigenvalue weighted by molar-refractivity contribution is 5.74. The van der Waals surface area contributed by atoms with Crippen molar-refractivity contribution in [3.8, 4) is 0 Å². The molecule has 0 atom stereocenters. The first-order valence-electron chi connectivity index (χ1n) is 5.96. The molecule has 1 aliphatic carbocycles. The van der Waals surface area contributed by atoms with Crippen molar-refractivity contribution in [2.75, 3.05) is 0 Å². The van der Waals surface area contributed by atoms with Crippen LogP contribution in [-0.2, 0) is 6.54 Å². The highest BCUT2D eigenvalue weighted by Crippen LogP contribution is 2.22. The number of allylic oxidation sites excluding steroid dienone is 1. The smallest absolute Gasteiger partial charge is 0.319 e. The Morgan fingerprint density at radius 3 is 2.71 bits per heavy atom. The molecule has 2 rings (SSSR count). The van der Waals surface area contributed by atoms with E-state index >= 15 is 0 Å². The van der Waals surface area contributed by atoms with Crippen LogP contribution in [0.15, 0.2) is 36.3 Å². The molecular formula is C13H17N3O.